The SMILES string of the molecule is CCC(CN(C)CC(C)(C)C)NC. The highest BCUT2D eigenvalue weighted by Gasteiger charge is 2.15. The van der Waals surface area contributed by atoms with Gasteiger partial charge in [-0.05, 0) is 25.9 Å². The van der Waals surface area contributed by atoms with Gasteiger partial charge in [-0.1, -0.05) is 27.7 Å². The van der Waals surface area contributed by atoms with Crippen molar-refractivity contribution in [1.29, 1.82) is 0 Å². The fraction of sp³-hybridized carbons (Fsp3) is 1.00. The molecule has 0 aliphatic rings. The van der Waals surface area contributed by atoms with Crippen LogP contribution in [0.2, 0.25) is 0 Å². The molecule has 0 aliphatic carbocycles. The summed E-state index contributed by atoms with van der Waals surface area (Å²) in [5.41, 5.74) is 0.404. The van der Waals surface area contributed by atoms with Crippen LogP contribution in [-0.4, -0.2) is 38.1 Å². The zero-order valence-electron chi connectivity index (χ0n) is 10.1. The summed E-state index contributed by atoms with van der Waals surface area (Å²) in [6.07, 6.45) is 1.20. The lowest BCUT2D eigenvalue weighted by Crippen LogP contribution is -2.40. The van der Waals surface area contributed by atoms with Crippen LogP contribution in [0.5, 0.6) is 0 Å². The Morgan fingerprint density at radius 2 is 1.85 bits per heavy atom. The average Bonchev–Trinajstić information content (AvgIpc) is 1.96. The van der Waals surface area contributed by atoms with E-state index < -0.39 is 0 Å². The lowest BCUT2D eigenvalue weighted by Gasteiger charge is -2.29. The van der Waals surface area contributed by atoms with Crippen LogP contribution in [0.25, 0.3) is 0 Å². The number of rotatable bonds is 5. The fourth-order valence-electron chi connectivity index (χ4n) is 1.68. The molecular formula is C11H26N2. The molecule has 2 nitrogen and oxygen atoms in total. The molecule has 13 heavy (non-hydrogen) atoms. The monoisotopic (exact) mass is 186 g/mol. The van der Waals surface area contributed by atoms with E-state index in [1.54, 1.807) is 0 Å². The Balaban J connectivity index is 3.79. The van der Waals surface area contributed by atoms with Crippen LogP contribution < -0.4 is 5.32 Å². The molecule has 1 N–H and O–H groups in total. The van der Waals surface area contributed by atoms with Crippen molar-refractivity contribution in [2.24, 2.45) is 5.41 Å². The van der Waals surface area contributed by atoms with Crippen molar-refractivity contribution in [2.45, 2.75) is 40.2 Å². The van der Waals surface area contributed by atoms with Crippen molar-refractivity contribution in [3.8, 4) is 0 Å². The molecule has 0 amide bonds. The van der Waals surface area contributed by atoms with Crippen molar-refractivity contribution >= 4 is 0 Å². The van der Waals surface area contributed by atoms with Gasteiger partial charge < -0.3 is 10.2 Å². The average molecular weight is 186 g/mol. The number of nitrogens with zero attached hydrogens (tertiary/aromatic N) is 1. The molecule has 2 heteroatoms. The molecule has 80 valence electrons. The van der Waals surface area contributed by atoms with Crippen molar-refractivity contribution < 1.29 is 0 Å². The van der Waals surface area contributed by atoms with Crippen molar-refractivity contribution in [1.82, 2.24) is 10.2 Å². The Labute approximate surface area is 83.7 Å². The van der Waals surface area contributed by atoms with E-state index in [0.717, 1.165) is 13.1 Å². The molecular weight excluding hydrogens is 160 g/mol. The number of nitrogens with one attached hydrogen (secondary N) is 1. The first-order valence-electron chi connectivity index (χ1n) is 5.25. The minimum Gasteiger partial charge on any atom is -0.316 e. The van der Waals surface area contributed by atoms with Gasteiger partial charge in [-0.3, -0.25) is 0 Å². The Morgan fingerprint density at radius 1 is 1.31 bits per heavy atom. The summed E-state index contributed by atoms with van der Waals surface area (Å²) in [6.45, 7) is 11.4. The minimum atomic E-state index is 0.404. The molecule has 0 aromatic carbocycles. The van der Waals surface area contributed by atoms with Gasteiger partial charge in [0.15, 0.2) is 0 Å². The minimum absolute atomic E-state index is 0.404. The second-order valence-corrected chi connectivity index (χ2v) is 5.15. The summed E-state index contributed by atoms with van der Waals surface area (Å²) < 4.78 is 0. The van der Waals surface area contributed by atoms with Crippen LogP contribution in [-0.2, 0) is 0 Å². The van der Waals surface area contributed by atoms with E-state index >= 15 is 0 Å². The molecule has 0 spiro atoms. The van der Waals surface area contributed by atoms with Crippen LogP contribution in [0.4, 0.5) is 0 Å². The third kappa shape index (κ3) is 7.03. The molecule has 0 saturated carbocycles. The van der Waals surface area contributed by atoms with Gasteiger partial charge in [0.1, 0.15) is 0 Å². The maximum Gasteiger partial charge on any atom is 0.0189 e. The lowest BCUT2D eigenvalue weighted by molar-refractivity contribution is 0.208. The van der Waals surface area contributed by atoms with Gasteiger partial charge in [-0.2, -0.15) is 0 Å². The predicted octanol–water partition coefficient (Wildman–Crippen LogP) is 1.96. The second kappa shape index (κ2) is 5.61. The van der Waals surface area contributed by atoms with Gasteiger partial charge in [-0.25, -0.2) is 0 Å². The molecule has 0 rings (SSSR count). The van der Waals surface area contributed by atoms with E-state index in [1.807, 2.05) is 7.05 Å². The third-order valence-corrected chi connectivity index (χ3v) is 2.18. The summed E-state index contributed by atoms with van der Waals surface area (Å²) in [5.74, 6) is 0. The van der Waals surface area contributed by atoms with Crippen molar-refractivity contribution in [3.05, 3.63) is 0 Å². The first kappa shape index (κ1) is 12.9. The summed E-state index contributed by atoms with van der Waals surface area (Å²) in [6, 6.07) is 0.632. The Kier molecular flexibility index (Phi) is 5.57. The Morgan fingerprint density at radius 3 is 2.15 bits per heavy atom. The maximum atomic E-state index is 3.33. The molecule has 0 aliphatic heterocycles. The van der Waals surface area contributed by atoms with Gasteiger partial charge in [-0.15, -0.1) is 0 Å². The zero-order chi connectivity index (χ0) is 10.5. The molecule has 0 bridgehead atoms. The smallest absolute Gasteiger partial charge is 0.0189 e. The highest BCUT2D eigenvalue weighted by atomic mass is 15.1. The Hall–Kier alpha value is -0.0800. The first-order valence-corrected chi connectivity index (χ1v) is 5.25. The lowest BCUT2D eigenvalue weighted by atomic mass is 9.96. The van der Waals surface area contributed by atoms with Gasteiger partial charge in [0, 0.05) is 19.1 Å². The highest BCUT2D eigenvalue weighted by molar-refractivity contribution is 4.71. The highest BCUT2D eigenvalue weighted by Crippen LogP contribution is 2.14. The standard InChI is InChI=1S/C11H26N2/c1-7-10(12-5)8-13(6)9-11(2,3)4/h10,12H,7-9H2,1-6H3. The van der Waals surface area contributed by atoms with Crippen LogP contribution in [0.1, 0.15) is 34.1 Å². The molecule has 1 atom stereocenters. The fourth-order valence-corrected chi connectivity index (χ4v) is 1.68. The number of hydrogen-bond acceptors (Lipinski definition) is 2. The van der Waals surface area contributed by atoms with Gasteiger partial charge in [0.25, 0.3) is 0 Å². The van der Waals surface area contributed by atoms with Crippen LogP contribution in [0.15, 0.2) is 0 Å². The maximum absolute atomic E-state index is 3.33. The molecule has 0 aromatic heterocycles. The first-order chi connectivity index (χ1) is 5.89. The summed E-state index contributed by atoms with van der Waals surface area (Å²) in [7, 11) is 4.24. The summed E-state index contributed by atoms with van der Waals surface area (Å²) in [5, 5.41) is 3.33. The van der Waals surface area contributed by atoms with Crippen molar-refractivity contribution in [2.75, 3.05) is 27.2 Å². The van der Waals surface area contributed by atoms with Gasteiger partial charge in [0.05, 0.1) is 0 Å². The van der Waals surface area contributed by atoms with E-state index in [9.17, 15) is 0 Å². The van der Waals surface area contributed by atoms with E-state index in [2.05, 4.69) is 45.0 Å². The Bertz CT molecular complexity index is 123. The normalized spacial score (nSPS) is 15.0. The summed E-state index contributed by atoms with van der Waals surface area (Å²) >= 11 is 0. The third-order valence-electron chi connectivity index (χ3n) is 2.18. The van der Waals surface area contributed by atoms with E-state index in [-0.39, 0.29) is 0 Å². The molecule has 0 radical (unpaired) electrons. The molecule has 0 fully saturated rings. The molecule has 0 saturated heterocycles. The topological polar surface area (TPSA) is 15.3 Å². The van der Waals surface area contributed by atoms with Gasteiger partial charge in [0.2, 0.25) is 0 Å². The molecule has 0 heterocycles. The van der Waals surface area contributed by atoms with Crippen LogP contribution in [0.3, 0.4) is 0 Å². The van der Waals surface area contributed by atoms with Crippen LogP contribution >= 0.6 is 0 Å². The largest absolute Gasteiger partial charge is 0.316 e. The molecule has 0 aromatic rings. The summed E-state index contributed by atoms with van der Waals surface area (Å²) in [4.78, 5) is 2.41. The predicted molar refractivity (Wildman–Crippen MR) is 60.1 cm³/mol. The van der Waals surface area contributed by atoms with E-state index in [4.69, 9.17) is 0 Å². The van der Waals surface area contributed by atoms with Gasteiger partial charge >= 0.3 is 0 Å². The number of hydrogen-bond donors (Lipinski definition) is 1. The van der Waals surface area contributed by atoms with E-state index in [1.165, 1.54) is 6.42 Å². The number of likely N-dealkylation sites (N-methyl/N-ethyl adjacent to an activating group) is 2. The second-order valence-electron chi connectivity index (χ2n) is 5.15. The van der Waals surface area contributed by atoms with E-state index in [0.29, 0.717) is 11.5 Å². The quantitative estimate of drug-likeness (QED) is 0.706. The van der Waals surface area contributed by atoms with Crippen LogP contribution in [0, 0.1) is 5.41 Å². The molecule has 1 unspecified atom stereocenters. The van der Waals surface area contributed by atoms with Crippen molar-refractivity contribution in [3.63, 3.8) is 0 Å². The zero-order valence-corrected chi connectivity index (χ0v) is 10.1.